The van der Waals surface area contributed by atoms with E-state index in [9.17, 15) is 0 Å². The molecule has 1 aromatic carbocycles. The van der Waals surface area contributed by atoms with Gasteiger partial charge in [0, 0.05) is 24.9 Å². The van der Waals surface area contributed by atoms with Crippen LogP contribution in [0.4, 0.5) is 17.5 Å². The smallest absolute Gasteiger partial charge is 0.223 e. The van der Waals surface area contributed by atoms with E-state index >= 15 is 0 Å². The van der Waals surface area contributed by atoms with Crippen molar-refractivity contribution >= 4 is 51.7 Å². The van der Waals surface area contributed by atoms with Crippen molar-refractivity contribution in [3.63, 3.8) is 0 Å². The van der Waals surface area contributed by atoms with Gasteiger partial charge in [0.15, 0.2) is 5.82 Å². The summed E-state index contributed by atoms with van der Waals surface area (Å²) in [5.41, 5.74) is 2.04. The van der Waals surface area contributed by atoms with Crippen LogP contribution in [0.1, 0.15) is 12.8 Å². The van der Waals surface area contributed by atoms with E-state index in [1.54, 1.807) is 18.3 Å². The van der Waals surface area contributed by atoms with Gasteiger partial charge in [0.1, 0.15) is 17.4 Å². The number of nitrogens with one attached hydrogen (secondary N) is 2. The van der Waals surface area contributed by atoms with E-state index in [0.717, 1.165) is 31.7 Å². The number of ether oxygens (including phenoxy) is 1. The Morgan fingerprint density at radius 3 is 2.69 bits per heavy atom. The molecule has 0 amide bonds. The fourth-order valence-corrected chi connectivity index (χ4v) is 3.05. The summed E-state index contributed by atoms with van der Waals surface area (Å²) in [6.45, 7) is 1.50. The van der Waals surface area contributed by atoms with Crippen LogP contribution < -0.4 is 10.6 Å². The lowest BCUT2D eigenvalue weighted by atomic mass is 10.1. The fourth-order valence-electron chi connectivity index (χ4n) is 2.75. The third kappa shape index (κ3) is 3.80. The first kappa shape index (κ1) is 17.2. The number of hydrogen-bond acceptors (Lipinski definition) is 7. The molecule has 0 radical (unpaired) electrons. The minimum Gasteiger partial charge on any atom is -0.381 e. The van der Waals surface area contributed by atoms with Gasteiger partial charge < -0.3 is 15.4 Å². The van der Waals surface area contributed by atoms with Gasteiger partial charge in [-0.05, 0) is 31.0 Å². The van der Waals surface area contributed by atoms with Gasteiger partial charge >= 0.3 is 0 Å². The average Bonchev–Trinajstić information content (AvgIpc) is 2.66. The predicted molar refractivity (Wildman–Crippen MR) is 102 cm³/mol. The summed E-state index contributed by atoms with van der Waals surface area (Å²) in [5.74, 6) is 1.13. The highest BCUT2D eigenvalue weighted by Crippen LogP contribution is 2.28. The molecule has 0 unspecified atom stereocenters. The first-order valence-electron chi connectivity index (χ1n) is 8.23. The Hall–Kier alpha value is -2.22. The molecule has 2 aromatic heterocycles. The highest BCUT2D eigenvalue weighted by Gasteiger charge is 2.15. The number of fused-ring (bicyclic) bond motifs is 1. The van der Waals surface area contributed by atoms with Crippen LogP contribution in [0.5, 0.6) is 0 Å². The Labute approximate surface area is 160 Å². The van der Waals surface area contributed by atoms with Gasteiger partial charge in [-0.1, -0.05) is 23.2 Å². The molecule has 0 spiro atoms. The number of nitrogens with zero attached hydrogens (tertiary/aromatic N) is 4. The van der Waals surface area contributed by atoms with Gasteiger partial charge in [-0.25, -0.2) is 19.9 Å². The molecule has 3 heterocycles. The van der Waals surface area contributed by atoms with Crippen LogP contribution >= 0.6 is 23.2 Å². The maximum absolute atomic E-state index is 6.08. The Morgan fingerprint density at radius 1 is 1.04 bits per heavy atom. The molecule has 0 bridgehead atoms. The maximum Gasteiger partial charge on any atom is 0.223 e. The Bertz CT molecular complexity index is 932. The number of halogens is 2. The van der Waals surface area contributed by atoms with Crippen LogP contribution in [0.15, 0.2) is 30.7 Å². The van der Waals surface area contributed by atoms with Crippen LogP contribution in [0.25, 0.3) is 11.0 Å². The molecule has 1 saturated heterocycles. The lowest BCUT2D eigenvalue weighted by Crippen LogP contribution is -2.28. The maximum atomic E-state index is 6.08. The van der Waals surface area contributed by atoms with Gasteiger partial charge in [0.2, 0.25) is 5.95 Å². The van der Waals surface area contributed by atoms with Crippen molar-refractivity contribution in [3.05, 3.63) is 40.8 Å². The Morgan fingerprint density at radius 2 is 1.88 bits per heavy atom. The van der Waals surface area contributed by atoms with Crippen molar-refractivity contribution < 1.29 is 4.74 Å². The first-order valence-corrected chi connectivity index (χ1v) is 8.99. The minimum atomic E-state index is 0.303. The molecular weight excluding hydrogens is 375 g/mol. The van der Waals surface area contributed by atoms with Crippen molar-refractivity contribution in [1.29, 1.82) is 0 Å². The third-order valence-electron chi connectivity index (χ3n) is 4.11. The van der Waals surface area contributed by atoms with Crippen LogP contribution in [0.3, 0.4) is 0 Å². The highest BCUT2D eigenvalue weighted by molar-refractivity contribution is 6.42. The topological polar surface area (TPSA) is 84.9 Å². The molecule has 4 rings (SSSR count). The predicted octanol–water partition coefficient (Wildman–Crippen LogP) is 4.06. The largest absolute Gasteiger partial charge is 0.381 e. The summed E-state index contributed by atoms with van der Waals surface area (Å²) in [6.07, 6.45) is 5.02. The second kappa shape index (κ2) is 7.57. The second-order valence-corrected chi connectivity index (χ2v) is 6.75. The molecule has 1 aliphatic heterocycles. The molecule has 3 aromatic rings. The normalized spacial score (nSPS) is 15.2. The van der Waals surface area contributed by atoms with Gasteiger partial charge in [-0.2, -0.15) is 0 Å². The molecule has 0 aliphatic carbocycles. The van der Waals surface area contributed by atoms with E-state index in [-0.39, 0.29) is 0 Å². The molecule has 7 nitrogen and oxygen atoms in total. The number of anilines is 3. The zero-order valence-electron chi connectivity index (χ0n) is 13.7. The number of aromatic nitrogens is 4. The molecule has 26 heavy (non-hydrogen) atoms. The third-order valence-corrected chi connectivity index (χ3v) is 4.85. The number of rotatable bonds is 4. The zero-order valence-corrected chi connectivity index (χ0v) is 15.3. The fraction of sp³-hybridized carbons (Fsp3) is 0.294. The Balaban J connectivity index is 1.63. The summed E-state index contributed by atoms with van der Waals surface area (Å²) in [6, 6.07) is 5.59. The van der Waals surface area contributed by atoms with Gasteiger partial charge in [-0.3, -0.25) is 0 Å². The summed E-state index contributed by atoms with van der Waals surface area (Å²) in [4.78, 5) is 17.5. The van der Waals surface area contributed by atoms with Crippen LogP contribution in [-0.2, 0) is 4.74 Å². The van der Waals surface area contributed by atoms with Crippen molar-refractivity contribution in [2.75, 3.05) is 23.8 Å². The molecule has 0 atom stereocenters. The monoisotopic (exact) mass is 390 g/mol. The summed E-state index contributed by atoms with van der Waals surface area (Å²) in [5, 5.41) is 7.53. The SMILES string of the molecule is Clc1ccc(Nc2ncnc3cnc(NC4CCOCC4)nc23)cc1Cl. The van der Waals surface area contributed by atoms with E-state index in [1.807, 2.05) is 6.07 Å². The van der Waals surface area contributed by atoms with E-state index in [4.69, 9.17) is 27.9 Å². The lowest BCUT2D eigenvalue weighted by molar-refractivity contribution is 0.0903. The molecule has 9 heteroatoms. The Kier molecular flexibility index (Phi) is 5.01. The van der Waals surface area contributed by atoms with Crippen molar-refractivity contribution in [3.8, 4) is 0 Å². The molecule has 1 aliphatic rings. The first-order chi connectivity index (χ1) is 12.7. The zero-order chi connectivity index (χ0) is 17.9. The van der Waals surface area contributed by atoms with Gasteiger partial charge in [0.25, 0.3) is 0 Å². The van der Waals surface area contributed by atoms with Crippen LogP contribution in [0, 0.1) is 0 Å². The summed E-state index contributed by atoms with van der Waals surface area (Å²) in [7, 11) is 0. The molecular formula is C17H16Cl2N6O. The van der Waals surface area contributed by atoms with Gasteiger partial charge in [-0.15, -0.1) is 0 Å². The van der Waals surface area contributed by atoms with E-state index < -0.39 is 0 Å². The minimum absolute atomic E-state index is 0.303. The van der Waals surface area contributed by atoms with E-state index in [0.29, 0.717) is 38.9 Å². The second-order valence-electron chi connectivity index (χ2n) is 5.93. The lowest BCUT2D eigenvalue weighted by Gasteiger charge is -2.23. The van der Waals surface area contributed by atoms with Crippen LogP contribution in [-0.4, -0.2) is 39.2 Å². The number of hydrogen-bond donors (Lipinski definition) is 2. The van der Waals surface area contributed by atoms with Crippen molar-refractivity contribution in [1.82, 2.24) is 19.9 Å². The quantitative estimate of drug-likeness (QED) is 0.694. The van der Waals surface area contributed by atoms with Crippen molar-refractivity contribution in [2.45, 2.75) is 18.9 Å². The summed E-state index contributed by atoms with van der Waals surface area (Å²) >= 11 is 12.1. The molecule has 0 saturated carbocycles. The molecule has 2 N–H and O–H groups in total. The number of benzene rings is 1. The summed E-state index contributed by atoms with van der Waals surface area (Å²) < 4.78 is 5.38. The molecule has 1 fully saturated rings. The average molecular weight is 391 g/mol. The van der Waals surface area contributed by atoms with Crippen LogP contribution in [0.2, 0.25) is 10.0 Å². The van der Waals surface area contributed by atoms with Gasteiger partial charge in [0.05, 0.1) is 16.2 Å². The highest BCUT2D eigenvalue weighted by atomic mass is 35.5. The molecule has 134 valence electrons. The van der Waals surface area contributed by atoms with Crippen molar-refractivity contribution in [2.24, 2.45) is 0 Å². The van der Waals surface area contributed by atoms with E-state index in [1.165, 1.54) is 6.33 Å². The van der Waals surface area contributed by atoms with E-state index in [2.05, 4.69) is 30.6 Å². The standard InChI is InChI=1S/C17H16Cl2N6O/c18-12-2-1-11(7-13(12)19)23-16-15-14(21-9-22-16)8-20-17(25-15)24-10-3-5-26-6-4-10/h1-2,7-10H,3-6H2,(H,20,24,25)(H,21,22,23).